The van der Waals surface area contributed by atoms with E-state index in [1.54, 1.807) is 19.1 Å². The molecule has 2 saturated heterocycles. The second kappa shape index (κ2) is 18.9. The highest BCUT2D eigenvalue weighted by Gasteiger charge is 2.40. The molecule has 0 saturated carbocycles. The van der Waals surface area contributed by atoms with Gasteiger partial charge < -0.3 is 44.4 Å². The quantitative estimate of drug-likeness (QED) is 0.206. The Balaban J connectivity index is 0.000000198. The highest BCUT2D eigenvalue weighted by molar-refractivity contribution is 5.86. The van der Waals surface area contributed by atoms with E-state index in [1.165, 1.54) is 16.7 Å². The predicted octanol–water partition coefficient (Wildman–Crippen LogP) is 7.43. The lowest BCUT2D eigenvalue weighted by atomic mass is 9.84. The minimum absolute atomic E-state index is 0. The first-order valence-electron chi connectivity index (χ1n) is 19.9. The second-order valence-electron chi connectivity index (χ2n) is 16.0. The molecule has 12 nitrogen and oxygen atoms in total. The number of hydrogen-bond donors (Lipinski definition) is 2. The van der Waals surface area contributed by atoms with Crippen molar-refractivity contribution in [3.8, 4) is 11.5 Å². The van der Waals surface area contributed by atoms with Gasteiger partial charge in [-0.15, -0.1) is 12.4 Å². The monoisotopic (exact) mass is 808 g/mol. The molecule has 1 atom stereocenters. The molecule has 8 rings (SSSR count). The standard InChI is InChI=1S/C25H32N4O3.C20H24N4O.ClH/c1-25(2,3)22-17-27(13-14-29(22)24(30)31)23-26-20-11-7-5-9-18(20)15-28(23)16-19-10-6-8-12-21(19)32-4;1-25-19-9-5-3-7-17(19)15-24-14-16-6-2-4-8-18(16)22-20(24)23-12-10-21-11-13-23;/h5-12,22H,13-17H2,1-4H3,(H,30,31);2-9,21H,10-15H2,1H3;1H. The third-order valence-corrected chi connectivity index (χ3v) is 11.1. The summed E-state index contributed by atoms with van der Waals surface area (Å²) in [5.41, 5.74) is 6.63. The molecule has 4 aromatic carbocycles. The van der Waals surface area contributed by atoms with Crippen LogP contribution in [0.5, 0.6) is 11.5 Å². The highest BCUT2D eigenvalue weighted by atomic mass is 35.5. The van der Waals surface area contributed by atoms with Crippen molar-refractivity contribution in [1.29, 1.82) is 0 Å². The van der Waals surface area contributed by atoms with Crippen molar-refractivity contribution in [2.45, 2.75) is 53.0 Å². The van der Waals surface area contributed by atoms with Gasteiger partial charge in [0.2, 0.25) is 11.9 Å². The van der Waals surface area contributed by atoms with Gasteiger partial charge >= 0.3 is 6.09 Å². The summed E-state index contributed by atoms with van der Waals surface area (Å²) in [6, 6.07) is 32.8. The molecule has 13 heteroatoms. The zero-order valence-corrected chi connectivity index (χ0v) is 35.1. The number of aliphatic imine (C=N–C) groups is 2. The predicted molar refractivity (Wildman–Crippen MR) is 233 cm³/mol. The molecular weight excluding hydrogens is 752 g/mol. The maximum Gasteiger partial charge on any atom is 0.407 e. The van der Waals surface area contributed by atoms with Crippen molar-refractivity contribution in [2.75, 3.05) is 60.0 Å². The van der Waals surface area contributed by atoms with E-state index < -0.39 is 6.09 Å². The maximum atomic E-state index is 11.9. The molecule has 58 heavy (non-hydrogen) atoms. The fourth-order valence-corrected chi connectivity index (χ4v) is 8.09. The van der Waals surface area contributed by atoms with E-state index in [1.807, 2.05) is 48.5 Å². The molecule has 0 spiro atoms. The summed E-state index contributed by atoms with van der Waals surface area (Å²) < 4.78 is 11.1. The molecule has 0 aliphatic carbocycles. The molecule has 308 valence electrons. The average molecular weight is 809 g/mol. The van der Waals surface area contributed by atoms with Gasteiger partial charge in [-0.25, -0.2) is 14.8 Å². The lowest BCUT2D eigenvalue weighted by molar-refractivity contribution is 0.0383. The van der Waals surface area contributed by atoms with Crippen LogP contribution >= 0.6 is 12.4 Å². The van der Waals surface area contributed by atoms with E-state index in [-0.39, 0.29) is 23.9 Å². The van der Waals surface area contributed by atoms with Gasteiger partial charge in [-0.2, -0.15) is 0 Å². The topological polar surface area (TPSA) is 109 Å². The SMILES string of the molecule is COc1ccccc1CN1Cc2ccccc2N=C1N1CCN(C(=O)O)C(C(C)(C)C)C1.COc1ccccc1CN1Cc2ccccc2N=C1N1CCNCC1.Cl. The Bertz CT molecular complexity index is 2080. The van der Waals surface area contributed by atoms with Crippen LogP contribution in [-0.4, -0.2) is 114 Å². The Morgan fingerprint density at radius 3 is 1.64 bits per heavy atom. The molecule has 2 N–H and O–H groups in total. The first kappa shape index (κ1) is 42.2. The van der Waals surface area contributed by atoms with Crippen LogP contribution in [0, 0.1) is 5.41 Å². The summed E-state index contributed by atoms with van der Waals surface area (Å²) in [5.74, 6) is 3.76. The molecule has 0 radical (unpaired) electrons. The third kappa shape index (κ3) is 9.62. The molecule has 1 unspecified atom stereocenters. The van der Waals surface area contributed by atoms with Crippen LogP contribution < -0.4 is 14.8 Å². The number of nitrogens with one attached hydrogen (secondary N) is 1. The van der Waals surface area contributed by atoms with Crippen LogP contribution in [0.15, 0.2) is 107 Å². The van der Waals surface area contributed by atoms with Crippen molar-refractivity contribution in [3.05, 3.63) is 119 Å². The molecule has 4 heterocycles. The summed E-state index contributed by atoms with van der Waals surface area (Å²) in [6.45, 7) is 15.0. The summed E-state index contributed by atoms with van der Waals surface area (Å²) in [5, 5.41) is 13.2. The number of hydrogen-bond acceptors (Lipinski definition) is 10. The Morgan fingerprint density at radius 1 is 0.690 bits per heavy atom. The van der Waals surface area contributed by atoms with Crippen molar-refractivity contribution >= 4 is 41.8 Å². The molecule has 4 aliphatic heterocycles. The van der Waals surface area contributed by atoms with Gasteiger partial charge in [0.05, 0.1) is 31.6 Å². The first-order chi connectivity index (χ1) is 27.6. The number of carboxylic acid groups (broad SMARTS) is 1. The first-order valence-corrected chi connectivity index (χ1v) is 19.9. The number of carbonyl (C=O) groups is 1. The molecule has 4 aromatic rings. The van der Waals surface area contributed by atoms with Crippen LogP contribution in [0.25, 0.3) is 0 Å². The third-order valence-electron chi connectivity index (χ3n) is 11.1. The minimum atomic E-state index is -0.855. The summed E-state index contributed by atoms with van der Waals surface area (Å²) in [6.07, 6.45) is -0.855. The van der Waals surface area contributed by atoms with Gasteiger partial charge in [0, 0.05) is 83.1 Å². The van der Waals surface area contributed by atoms with E-state index in [4.69, 9.17) is 19.5 Å². The lowest BCUT2D eigenvalue weighted by Gasteiger charge is -2.48. The van der Waals surface area contributed by atoms with Crippen molar-refractivity contribution in [2.24, 2.45) is 15.4 Å². The van der Waals surface area contributed by atoms with Crippen LogP contribution in [0.4, 0.5) is 16.2 Å². The summed E-state index contributed by atoms with van der Waals surface area (Å²) >= 11 is 0. The highest BCUT2D eigenvalue weighted by Crippen LogP contribution is 2.34. The van der Waals surface area contributed by atoms with E-state index in [0.29, 0.717) is 26.2 Å². The van der Waals surface area contributed by atoms with E-state index in [2.05, 4.69) is 94.2 Å². The average Bonchev–Trinajstić information content (AvgIpc) is 3.23. The van der Waals surface area contributed by atoms with Crippen molar-refractivity contribution in [1.82, 2.24) is 29.8 Å². The number of rotatable bonds is 6. The van der Waals surface area contributed by atoms with Crippen LogP contribution in [-0.2, 0) is 26.2 Å². The molecular formula is C45H57ClN8O4. The van der Waals surface area contributed by atoms with E-state index >= 15 is 0 Å². The number of piperazine rings is 2. The lowest BCUT2D eigenvalue weighted by Crippen LogP contribution is -2.62. The number of amides is 1. The molecule has 2 fully saturated rings. The number of halogens is 1. The largest absolute Gasteiger partial charge is 0.496 e. The van der Waals surface area contributed by atoms with Crippen LogP contribution in [0.1, 0.15) is 43.0 Å². The summed E-state index contributed by atoms with van der Waals surface area (Å²) in [7, 11) is 3.42. The normalized spacial score (nSPS) is 17.7. The Kier molecular flexibility index (Phi) is 13.7. The van der Waals surface area contributed by atoms with Crippen LogP contribution in [0.3, 0.4) is 0 Å². The molecule has 1 amide bonds. The smallest absolute Gasteiger partial charge is 0.407 e. The zero-order valence-electron chi connectivity index (χ0n) is 34.3. The van der Waals surface area contributed by atoms with E-state index in [9.17, 15) is 9.90 Å². The van der Waals surface area contributed by atoms with Gasteiger partial charge in [-0.3, -0.25) is 0 Å². The Morgan fingerprint density at radius 2 is 1.16 bits per heavy atom. The van der Waals surface area contributed by atoms with Crippen LogP contribution in [0.2, 0.25) is 0 Å². The summed E-state index contributed by atoms with van der Waals surface area (Å²) in [4.78, 5) is 32.8. The number of benzene rings is 4. The maximum absolute atomic E-state index is 11.9. The zero-order chi connectivity index (χ0) is 39.9. The van der Waals surface area contributed by atoms with Gasteiger partial charge in [0.25, 0.3) is 0 Å². The fraction of sp³-hybridized carbons (Fsp3) is 0.400. The van der Waals surface area contributed by atoms with Gasteiger partial charge in [-0.05, 0) is 40.8 Å². The molecule has 0 aromatic heterocycles. The molecule has 0 bridgehead atoms. The van der Waals surface area contributed by atoms with Crippen molar-refractivity contribution < 1.29 is 19.4 Å². The molecule has 4 aliphatic rings. The number of fused-ring (bicyclic) bond motifs is 2. The number of guanidine groups is 2. The number of nitrogens with zero attached hydrogens (tertiary/aromatic N) is 7. The minimum Gasteiger partial charge on any atom is -0.496 e. The van der Waals surface area contributed by atoms with Gasteiger partial charge in [0.15, 0.2) is 0 Å². The second-order valence-corrected chi connectivity index (χ2v) is 16.0. The van der Waals surface area contributed by atoms with E-state index in [0.717, 1.165) is 86.2 Å². The fourth-order valence-electron chi connectivity index (χ4n) is 8.09. The van der Waals surface area contributed by atoms with Crippen molar-refractivity contribution in [3.63, 3.8) is 0 Å². The van der Waals surface area contributed by atoms with Gasteiger partial charge in [-0.1, -0.05) is 93.6 Å². The Labute approximate surface area is 349 Å². The number of ether oxygens (including phenoxy) is 2. The number of para-hydroxylation sites is 4. The Hall–Kier alpha value is -5.46. The van der Waals surface area contributed by atoms with Gasteiger partial charge in [0.1, 0.15) is 11.5 Å². The number of methoxy groups -OCH3 is 2.